The maximum Gasteiger partial charge on any atom is 0.258 e. The van der Waals surface area contributed by atoms with Gasteiger partial charge in [-0.25, -0.2) is 9.97 Å². The minimum atomic E-state index is -0.226. The number of aromatic nitrogens is 3. The summed E-state index contributed by atoms with van der Waals surface area (Å²) in [7, 11) is 0. The van der Waals surface area contributed by atoms with E-state index in [1.165, 1.54) is 0 Å². The fourth-order valence-electron chi connectivity index (χ4n) is 3.10. The largest absolute Gasteiger partial charge is 0.449 e. The normalized spacial score (nSPS) is 10.7. The molecule has 144 valence electrons. The van der Waals surface area contributed by atoms with Gasteiger partial charge in [0.25, 0.3) is 5.91 Å². The molecular weight excluding hydrogens is 364 g/mol. The first-order valence-electron chi connectivity index (χ1n) is 9.23. The molecule has 29 heavy (non-hydrogen) atoms. The molecule has 0 radical (unpaired) electrons. The molecule has 4 aromatic rings. The molecule has 0 aliphatic rings. The molecule has 1 aromatic carbocycles. The zero-order valence-electron chi connectivity index (χ0n) is 16.4. The van der Waals surface area contributed by atoms with Crippen molar-refractivity contribution in [3.05, 3.63) is 83.8 Å². The quantitative estimate of drug-likeness (QED) is 0.537. The first-order chi connectivity index (χ1) is 14.0. The average Bonchev–Trinajstić information content (AvgIpc) is 3.16. The maximum atomic E-state index is 12.4. The van der Waals surface area contributed by atoms with Crippen LogP contribution in [0.25, 0.3) is 22.4 Å². The summed E-state index contributed by atoms with van der Waals surface area (Å²) >= 11 is 0. The summed E-state index contributed by atoms with van der Waals surface area (Å²) in [4.78, 5) is 25.3. The van der Waals surface area contributed by atoms with E-state index in [1.54, 1.807) is 37.0 Å². The van der Waals surface area contributed by atoms with Crippen molar-refractivity contribution in [3.8, 4) is 22.4 Å². The lowest BCUT2D eigenvalue weighted by Crippen LogP contribution is -2.14. The van der Waals surface area contributed by atoms with E-state index in [-0.39, 0.29) is 5.91 Å². The summed E-state index contributed by atoms with van der Waals surface area (Å²) in [6, 6.07) is 11.7. The van der Waals surface area contributed by atoms with Crippen molar-refractivity contribution in [3.63, 3.8) is 0 Å². The van der Waals surface area contributed by atoms with Gasteiger partial charge in [-0.1, -0.05) is 12.1 Å². The van der Waals surface area contributed by atoms with Gasteiger partial charge in [0, 0.05) is 36.6 Å². The fraction of sp³-hybridized carbons (Fsp3) is 0.130. The Labute approximate surface area is 168 Å². The molecule has 1 N–H and O–H groups in total. The highest BCUT2D eigenvalue weighted by Crippen LogP contribution is 2.29. The van der Waals surface area contributed by atoms with Crippen LogP contribution in [0.15, 0.2) is 65.7 Å². The number of amides is 1. The number of carbonyl (C=O) groups excluding carboxylic acids is 1. The molecule has 6 nitrogen and oxygen atoms in total. The molecule has 0 saturated carbocycles. The SMILES string of the molecule is Cc1nc(-c2ccc(C)c(-c3ccc(NC(=O)c4cnccc4C)nc3)c2)co1. The molecule has 0 aliphatic heterocycles. The topological polar surface area (TPSA) is 80.9 Å². The average molecular weight is 384 g/mol. The number of pyridine rings is 2. The van der Waals surface area contributed by atoms with Crippen LogP contribution in [0.4, 0.5) is 5.82 Å². The van der Waals surface area contributed by atoms with Crippen LogP contribution in [0.3, 0.4) is 0 Å². The predicted octanol–water partition coefficient (Wildman–Crippen LogP) is 4.98. The van der Waals surface area contributed by atoms with Crippen LogP contribution in [0, 0.1) is 20.8 Å². The van der Waals surface area contributed by atoms with Crippen LogP contribution in [0.1, 0.15) is 27.4 Å². The van der Waals surface area contributed by atoms with Crippen molar-refractivity contribution in [1.29, 1.82) is 0 Å². The zero-order chi connectivity index (χ0) is 20.4. The van der Waals surface area contributed by atoms with Crippen LogP contribution in [0.5, 0.6) is 0 Å². The Bertz CT molecular complexity index is 1180. The number of anilines is 1. The maximum absolute atomic E-state index is 12.4. The fourth-order valence-corrected chi connectivity index (χ4v) is 3.10. The summed E-state index contributed by atoms with van der Waals surface area (Å²) in [6.45, 7) is 5.75. The Balaban J connectivity index is 1.58. The predicted molar refractivity (Wildman–Crippen MR) is 112 cm³/mol. The molecule has 0 bridgehead atoms. The Hall–Kier alpha value is -3.80. The Morgan fingerprint density at radius 1 is 0.966 bits per heavy atom. The molecule has 3 aromatic heterocycles. The second-order valence-electron chi connectivity index (χ2n) is 6.86. The van der Waals surface area contributed by atoms with Gasteiger partial charge in [-0.2, -0.15) is 0 Å². The van der Waals surface area contributed by atoms with Gasteiger partial charge in [-0.15, -0.1) is 0 Å². The third-order valence-corrected chi connectivity index (χ3v) is 4.75. The number of oxazole rings is 1. The lowest BCUT2D eigenvalue weighted by Gasteiger charge is -2.10. The number of hydrogen-bond acceptors (Lipinski definition) is 5. The van der Waals surface area contributed by atoms with E-state index in [2.05, 4.69) is 32.4 Å². The van der Waals surface area contributed by atoms with E-state index in [1.807, 2.05) is 32.9 Å². The summed E-state index contributed by atoms with van der Waals surface area (Å²) in [5.41, 5.74) is 6.31. The van der Waals surface area contributed by atoms with Gasteiger partial charge in [0.05, 0.1) is 5.56 Å². The van der Waals surface area contributed by atoms with Gasteiger partial charge >= 0.3 is 0 Å². The minimum absolute atomic E-state index is 0.226. The van der Waals surface area contributed by atoms with E-state index in [0.717, 1.165) is 33.5 Å². The lowest BCUT2D eigenvalue weighted by molar-refractivity contribution is 0.102. The van der Waals surface area contributed by atoms with Crippen molar-refractivity contribution in [2.24, 2.45) is 0 Å². The first-order valence-corrected chi connectivity index (χ1v) is 9.23. The van der Waals surface area contributed by atoms with Gasteiger partial charge in [0.2, 0.25) is 0 Å². The van der Waals surface area contributed by atoms with E-state index >= 15 is 0 Å². The number of benzene rings is 1. The monoisotopic (exact) mass is 384 g/mol. The van der Waals surface area contributed by atoms with Gasteiger partial charge in [-0.05, 0) is 54.8 Å². The molecule has 6 heteroatoms. The summed E-state index contributed by atoms with van der Waals surface area (Å²) < 4.78 is 5.32. The zero-order valence-corrected chi connectivity index (χ0v) is 16.4. The van der Waals surface area contributed by atoms with Gasteiger partial charge in [-0.3, -0.25) is 9.78 Å². The standard InChI is InChI=1S/C23H20N4O2/c1-14-4-5-17(21-13-29-16(3)26-21)10-19(14)18-6-7-22(25-11-18)27-23(28)20-12-24-9-8-15(20)2/h4-13H,1-3H3,(H,25,27,28). The van der Waals surface area contributed by atoms with E-state index in [4.69, 9.17) is 4.42 Å². The molecule has 4 rings (SSSR count). The molecular formula is C23H20N4O2. The molecule has 0 fully saturated rings. The van der Waals surface area contributed by atoms with Crippen molar-refractivity contribution >= 4 is 11.7 Å². The number of hydrogen-bond donors (Lipinski definition) is 1. The second-order valence-corrected chi connectivity index (χ2v) is 6.86. The van der Waals surface area contributed by atoms with Crippen molar-refractivity contribution in [1.82, 2.24) is 15.0 Å². The highest BCUT2D eigenvalue weighted by molar-refractivity contribution is 6.04. The smallest absolute Gasteiger partial charge is 0.258 e. The Morgan fingerprint density at radius 2 is 1.79 bits per heavy atom. The van der Waals surface area contributed by atoms with Crippen molar-refractivity contribution in [2.75, 3.05) is 5.32 Å². The molecule has 0 atom stereocenters. The molecule has 3 heterocycles. The highest BCUT2D eigenvalue weighted by Gasteiger charge is 2.11. The summed E-state index contributed by atoms with van der Waals surface area (Å²) in [5, 5.41) is 2.82. The molecule has 0 saturated heterocycles. The van der Waals surface area contributed by atoms with Crippen LogP contribution in [0.2, 0.25) is 0 Å². The molecule has 0 spiro atoms. The molecule has 0 aliphatic carbocycles. The number of rotatable bonds is 4. The highest BCUT2D eigenvalue weighted by atomic mass is 16.3. The van der Waals surface area contributed by atoms with Gasteiger partial charge in [0.1, 0.15) is 17.8 Å². The van der Waals surface area contributed by atoms with Crippen molar-refractivity contribution in [2.45, 2.75) is 20.8 Å². The Kier molecular flexibility index (Phi) is 4.91. The van der Waals surface area contributed by atoms with Crippen LogP contribution >= 0.6 is 0 Å². The van der Waals surface area contributed by atoms with E-state index < -0.39 is 0 Å². The van der Waals surface area contributed by atoms with Crippen molar-refractivity contribution < 1.29 is 9.21 Å². The third-order valence-electron chi connectivity index (χ3n) is 4.75. The second kappa shape index (κ2) is 7.67. The number of nitrogens with one attached hydrogen (secondary N) is 1. The first kappa shape index (κ1) is 18.6. The number of nitrogens with zero attached hydrogens (tertiary/aromatic N) is 3. The van der Waals surface area contributed by atoms with Gasteiger partial charge in [0.15, 0.2) is 5.89 Å². The molecule has 0 unspecified atom stereocenters. The summed E-state index contributed by atoms with van der Waals surface area (Å²) in [6.07, 6.45) is 6.63. The summed E-state index contributed by atoms with van der Waals surface area (Å²) in [5.74, 6) is 0.895. The van der Waals surface area contributed by atoms with E-state index in [0.29, 0.717) is 17.3 Å². The minimum Gasteiger partial charge on any atom is -0.449 e. The van der Waals surface area contributed by atoms with E-state index in [9.17, 15) is 4.79 Å². The lowest BCUT2D eigenvalue weighted by atomic mass is 9.98. The number of carbonyl (C=O) groups is 1. The van der Waals surface area contributed by atoms with Crippen LogP contribution in [-0.4, -0.2) is 20.9 Å². The Morgan fingerprint density at radius 3 is 2.48 bits per heavy atom. The van der Waals surface area contributed by atoms with Crippen LogP contribution in [-0.2, 0) is 0 Å². The third kappa shape index (κ3) is 3.91. The van der Waals surface area contributed by atoms with Crippen LogP contribution < -0.4 is 5.32 Å². The number of aryl methyl sites for hydroxylation is 3. The molecule has 1 amide bonds. The van der Waals surface area contributed by atoms with Gasteiger partial charge < -0.3 is 9.73 Å².